The molecule has 0 saturated carbocycles. The van der Waals surface area contributed by atoms with Gasteiger partial charge in [-0.1, -0.05) is 98.8 Å². The lowest BCUT2D eigenvalue weighted by atomic mass is 9.85. The van der Waals surface area contributed by atoms with Crippen LogP contribution >= 0.6 is 0 Å². The number of rotatable bonds is 6. The van der Waals surface area contributed by atoms with E-state index < -0.39 is 0 Å². The van der Waals surface area contributed by atoms with Crippen LogP contribution < -0.4 is 11.3 Å². The third-order valence-corrected chi connectivity index (χ3v) is 5.69. The third-order valence-electron chi connectivity index (χ3n) is 5.69. The molecular weight excluding hydrogens is 364 g/mol. The summed E-state index contributed by atoms with van der Waals surface area (Å²) in [5.74, 6) is 6.00. The number of nitrogens with one attached hydrogen (secondary N) is 1. The van der Waals surface area contributed by atoms with Gasteiger partial charge in [-0.2, -0.15) is 0 Å². The van der Waals surface area contributed by atoms with Crippen LogP contribution in [0.1, 0.15) is 25.0 Å². The Labute approximate surface area is 179 Å². The van der Waals surface area contributed by atoms with Crippen LogP contribution in [0.5, 0.6) is 0 Å². The average molecular weight is 393 g/mol. The van der Waals surface area contributed by atoms with Crippen LogP contribution in [-0.4, -0.2) is 0 Å². The molecule has 0 aliphatic heterocycles. The molecule has 3 N–H and O–H groups in total. The summed E-state index contributed by atoms with van der Waals surface area (Å²) in [6.07, 6.45) is 2.00. The van der Waals surface area contributed by atoms with Gasteiger partial charge in [0.2, 0.25) is 0 Å². The second-order valence-corrected chi connectivity index (χ2v) is 7.53. The predicted octanol–water partition coefficient (Wildman–Crippen LogP) is 7.10. The average Bonchev–Trinajstić information content (AvgIpc) is 2.83. The van der Waals surface area contributed by atoms with Crippen molar-refractivity contribution >= 4 is 5.69 Å². The molecule has 0 aliphatic carbocycles. The van der Waals surface area contributed by atoms with Crippen molar-refractivity contribution < 1.29 is 0 Å². The van der Waals surface area contributed by atoms with Crippen LogP contribution in [0.25, 0.3) is 33.4 Å². The maximum atomic E-state index is 6.00. The van der Waals surface area contributed by atoms with Crippen molar-refractivity contribution in [2.45, 2.75) is 26.7 Å². The van der Waals surface area contributed by atoms with E-state index in [2.05, 4.69) is 110 Å². The predicted molar refractivity (Wildman–Crippen MR) is 129 cm³/mol. The highest BCUT2D eigenvalue weighted by atomic mass is 15.2. The molecule has 0 fully saturated rings. The van der Waals surface area contributed by atoms with Crippen molar-refractivity contribution in [3.05, 3.63) is 102 Å². The van der Waals surface area contributed by atoms with Crippen molar-refractivity contribution in [1.82, 2.24) is 0 Å². The first kappa shape index (κ1) is 19.9. The Kier molecular flexibility index (Phi) is 5.97. The highest BCUT2D eigenvalue weighted by Crippen LogP contribution is 2.44. The molecule has 4 aromatic rings. The monoisotopic (exact) mass is 392 g/mol. The first-order valence-corrected chi connectivity index (χ1v) is 10.6. The zero-order chi connectivity index (χ0) is 20.9. The lowest BCUT2D eigenvalue weighted by Gasteiger charge is -2.20. The Hall–Kier alpha value is -3.36. The van der Waals surface area contributed by atoms with Gasteiger partial charge in [0.05, 0.1) is 5.69 Å². The second-order valence-electron chi connectivity index (χ2n) is 7.53. The summed E-state index contributed by atoms with van der Waals surface area (Å²) >= 11 is 0. The molecule has 0 aliphatic rings. The summed E-state index contributed by atoms with van der Waals surface area (Å²) in [6.45, 7) is 4.38. The number of hydrogen-bond acceptors (Lipinski definition) is 2. The van der Waals surface area contributed by atoms with Gasteiger partial charge in [0.1, 0.15) is 0 Å². The molecule has 4 aromatic carbocycles. The minimum Gasteiger partial charge on any atom is -0.323 e. The van der Waals surface area contributed by atoms with E-state index in [1.165, 1.54) is 38.9 Å². The van der Waals surface area contributed by atoms with Crippen molar-refractivity contribution in [1.29, 1.82) is 0 Å². The molecule has 0 amide bonds. The van der Waals surface area contributed by atoms with Crippen LogP contribution in [0, 0.1) is 0 Å². The molecule has 2 heteroatoms. The highest BCUT2D eigenvalue weighted by Gasteiger charge is 2.18. The van der Waals surface area contributed by atoms with Gasteiger partial charge in [0.25, 0.3) is 0 Å². The molecule has 30 heavy (non-hydrogen) atoms. The lowest BCUT2D eigenvalue weighted by molar-refractivity contribution is 1.14. The van der Waals surface area contributed by atoms with Gasteiger partial charge in [0.15, 0.2) is 0 Å². The molecule has 4 rings (SSSR count). The van der Waals surface area contributed by atoms with Gasteiger partial charge in [-0.05, 0) is 57.9 Å². The molecular formula is C28H28N2. The van der Waals surface area contributed by atoms with Crippen LogP contribution in [0.15, 0.2) is 91.0 Å². The molecule has 150 valence electrons. The first-order valence-electron chi connectivity index (χ1n) is 10.6. The van der Waals surface area contributed by atoms with Gasteiger partial charge in [-0.3, -0.25) is 5.84 Å². The Morgan fingerprint density at radius 2 is 1.17 bits per heavy atom. The molecule has 0 atom stereocenters. The zero-order valence-corrected chi connectivity index (χ0v) is 17.7. The minimum absolute atomic E-state index is 0.930. The zero-order valence-electron chi connectivity index (χ0n) is 17.7. The van der Waals surface area contributed by atoms with Gasteiger partial charge < -0.3 is 5.43 Å². The fourth-order valence-corrected chi connectivity index (χ4v) is 4.07. The van der Waals surface area contributed by atoms with Crippen molar-refractivity contribution in [3.63, 3.8) is 0 Å². The van der Waals surface area contributed by atoms with Crippen LogP contribution in [0.2, 0.25) is 0 Å². The van der Waals surface area contributed by atoms with Gasteiger partial charge in [-0.15, -0.1) is 0 Å². The minimum atomic E-state index is 0.930. The number of nitrogens with two attached hydrogens (primary N) is 1. The Morgan fingerprint density at radius 1 is 0.600 bits per heavy atom. The van der Waals surface area contributed by atoms with E-state index in [9.17, 15) is 0 Å². The van der Waals surface area contributed by atoms with E-state index >= 15 is 0 Å². The standard InChI is InChI=1S/C28H28N2/c1-3-20-10-8-14-23(18-20)27-25(22-12-6-5-7-13-22)16-17-26(30-29)28(27)24-15-9-11-21(4-2)19-24/h5-19,30H,3-4,29H2,1-2H3. The fraction of sp³-hybridized carbons (Fsp3) is 0.143. The van der Waals surface area contributed by atoms with Crippen molar-refractivity contribution in [2.75, 3.05) is 5.43 Å². The van der Waals surface area contributed by atoms with E-state index in [4.69, 9.17) is 5.84 Å². The molecule has 0 bridgehead atoms. The summed E-state index contributed by atoms with van der Waals surface area (Å²) < 4.78 is 0. The SMILES string of the molecule is CCc1cccc(-c2c(NN)ccc(-c3ccccc3)c2-c2cccc(CC)c2)c1. The maximum absolute atomic E-state index is 6.00. The Bertz CT molecular complexity index is 1150. The summed E-state index contributed by atoms with van der Waals surface area (Å²) in [4.78, 5) is 0. The normalized spacial score (nSPS) is 10.8. The number of aryl methyl sites for hydroxylation is 2. The molecule has 0 spiro atoms. The topological polar surface area (TPSA) is 38.0 Å². The van der Waals surface area contributed by atoms with Crippen LogP contribution in [-0.2, 0) is 12.8 Å². The van der Waals surface area contributed by atoms with E-state index in [-0.39, 0.29) is 0 Å². The smallest absolute Gasteiger partial charge is 0.0570 e. The van der Waals surface area contributed by atoms with E-state index in [1.54, 1.807) is 0 Å². The number of hydrogen-bond donors (Lipinski definition) is 2. The van der Waals surface area contributed by atoms with Gasteiger partial charge >= 0.3 is 0 Å². The summed E-state index contributed by atoms with van der Waals surface area (Å²) in [7, 11) is 0. The van der Waals surface area contributed by atoms with E-state index in [0.717, 1.165) is 24.1 Å². The fourth-order valence-electron chi connectivity index (χ4n) is 4.07. The second kappa shape index (κ2) is 8.98. The Balaban J connectivity index is 2.09. The maximum Gasteiger partial charge on any atom is 0.0570 e. The number of nitrogen functional groups attached to an aromatic ring is 1. The lowest BCUT2D eigenvalue weighted by Crippen LogP contribution is -2.09. The Morgan fingerprint density at radius 3 is 1.73 bits per heavy atom. The summed E-state index contributed by atoms with van der Waals surface area (Å²) in [5.41, 5.74) is 13.7. The van der Waals surface area contributed by atoms with E-state index in [0.29, 0.717) is 0 Å². The molecule has 0 aromatic heterocycles. The van der Waals surface area contributed by atoms with Gasteiger partial charge in [0, 0.05) is 5.56 Å². The summed E-state index contributed by atoms with van der Waals surface area (Å²) in [6, 6.07) is 32.5. The number of benzene rings is 4. The van der Waals surface area contributed by atoms with Crippen molar-refractivity contribution in [2.24, 2.45) is 5.84 Å². The van der Waals surface area contributed by atoms with Crippen LogP contribution in [0.4, 0.5) is 5.69 Å². The molecule has 0 unspecified atom stereocenters. The largest absolute Gasteiger partial charge is 0.323 e. The number of anilines is 1. The highest BCUT2D eigenvalue weighted by molar-refractivity contribution is 6.00. The summed E-state index contributed by atoms with van der Waals surface area (Å²) in [5, 5.41) is 0. The molecule has 0 radical (unpaired) electrons. The van der Waals surface area contributed by atoms with Crippen molar-refractivity contribution in [3.8, 4) is 33.4 Å². The van der Waals surface area contributed by atoms with Crippen LogP contribution in [0.3, 0.4) is 0 Å². The third kappa shape index (κ3) is 3.87. The first-order chi connectivity index (χ1) is 14.7. The van der Waals surface area contributed by atoms with E-state index in [1.807, 2.05) is 0 Å². The number of hydrazine groups is 1. The van der Waals surface area contributed by atoms with Gasteiger partial charge in [-0.25, -0.2) is 0 Å². The molecule has 0 saturated heterocycles. The molecule has 2 nitrogen and oxygen atoms in total. The molecule has 0 heterocycles. The quantitative estimate of drug-likeness (QED) is 0.271.